The van der Waals surface area contributed by atoms with Gasteiger partial charge in [-0.1, -0.05) is 35.9 Å². The molecule has 15 nitrogen and oxygen atoms in total. The Morgan fingerprint density at radius 1 is 0.920 bits per heavy atom. The van der Waals surface area contributed by atoms with Gasteiger partial charge in [-0.25, -0.2) is 4.79 Å². The molecule has 0 bridgehead atoms. The molecule has 3 fully saturated rings. The van der Waals surface area contributed by atoms with Gasteiger partial charge >= 0.3 is 5.97 Å². The second-order valence-corrected chi connectivity index (χ2v) is 12.4. The Hall–Kier alpha value is -3.58. The van der Waals surface area contributed by atoms with Crippen LogP contribution in [0.15, 0.2) is 73.1 Å². The number of esters is 1. The molecule has 1 aromatic heterocycles. The van der Waals surface area contributed by atoms with Crippen molar-refractivity contribution in [3.63, 3.8) is 0 Å². The number of rotatable bonds is 10. The number of fused-ring (bicyclic) bond motifs is 1. The number of aliphatic hydroxyl groups excluding tert-OH is 4. The van der Waals surface area contributed by atoms with Crippen molar-refractivity contribution in [3.05, 3.63) is 94.8 Å². The summed E-state index contributed by atoms with van der Waals surface area (Å²) in [5, 5.41) is 47.4. The minimum atomic E-state index is -1.71. The third-order valence-corrected chi connectivity index (χ3v) is 8.72. The Bertz CT molecular complexity index is 1600. The molecule has 0 radical (unpaired) electrons. The molecule has 3 saturated heterocycles. The summed E-state index contributed by atoms with van der Waals surface area (Å²) in [6, 6.07) is 16.3. The molecule has 268 valence electrons. The summed E-state index contributed by atoms with van der Waals surface area (Å²) < 4.78 is 41.0. The number of anilines is 1. The minimum absolute atomic E-state index is 0.0317. The SMILES string of the molecule is CC(=O)Nc1cc(COC2OC(COC(=O)c3ccccc3)C(OC3OC4COC(c5ccncc5)OC4C(O)C3O)C(O)C2O)ccc1Cl. The molecule has 0 saturated carbocycles. The summed E-state index contributed by atoms with van der Waals surface area (Å²) in [5.41, 5.74) is 1.82. The number of amides is 1. The highest BCUT2D eigenvalue weighted by Crippen LogP contribution is 2.36. The summed E-state index contributed by atoms with van der Waals surface area (Å²) in [4.78, 5) is 28.3. The van der Waals surface area contributed by atoms with Gasteiger partial charge in [-0.15, -0.1) is 0 Å². The van der Waals surface area contributed by atoms with E-state index < -0.39 is 80.3 Å². The van der Waals surface area contributed by atoms with Crippen LogP contribution in [0.4, 0.5) is 5.69 Å². The highest BCUT2D eigenvalue weighted by atomic mass is 35.5. The number of aromatic nitrogens is 1. The quantitative estimate of drug-likeness (QED) is 0.189. The zero-order valence-electron chi connectivity index (χ0n) is 26.7. The van der Waals surface area contributed by atoms with E-state index in [2.05, 4.69) is 10.3 Å². The maximum atomic E-state index is 12.8. The zero-order chi connectivity index (χ0) is 35.4. The fourth-order valence-electron chi connectivity index (χ4n) is 5.82. The number of hydrogen-bond donors (Lipinski definition) is 5. The first-order valence-electron chi connectivity index (χ1n) is 15.8. The van der Waals surface area contributed by atoms with E-state index in [0.717, 1.165) is 0 Å². The number of ether oxygens (including phenoxy) is 7. The molecule has 1 amide bonds. The van der Waals surface area contributed by atoms with Crippen LogP contribution in [-0.4, -0.2) is 112 Å². The van der Waals surface area contributed by atoms with Gasteiger partial charge in [0.05, 0.1) is 29.5 Å². The molecule has 5 N–H and O–H groups in total. The fourth-order valence-corrected chi connectivity index (χ4v) is 5.99. The lowest BCUT2D eigenvalue weighted by molar-refractivity contribution is -0.386. The van der Waals surface area contributed by atoms with E-state index in [9.17, 15) is 30.0 Å². The number of halogens is 1. The third-order valence-electron chi connectivity index (χ3n) is 8.39. The molecule has 3 aliphatic rings. The average molecular weight is 717 g/mol. The van der Waals surface area contributed by atoms with Crippen LogP contribution in [0, 0.1) is 0 Å². The third kappa shape index (κ3) is 8.30. The van der Waals surface area contributed by atoms with Crippen molar-refractivity contribution in [2.45, 2.75) is 81.2 Å². The number of carbonyl (C=O) groups is 2. The Kier molecular flexibility index (Phi) is 11.7. The molecule has 3 aliphatic heterocycles. The molecular weight excluding hydrogens is 680 g/mol. The van der Waals surface area contributed by atoms with Crippen molar-refractivity contribution in [3.8, 4) is 0 Å². The first-order chi connectivity index (χ1) is 24.1. The Labute approximate surface area is 291 Å². The predicted octanol–water partition coefficient (Wildman–Crippen LogP) is 1.46. The number of aliphatic hydroxyl groups is 4. The Balaban J connectivity index is 1.16. The molecule has 11 atom stereocenters. The highest BCUT2D eigenvalue weighted by molar-refractivity contribution is 6.33. The highest BCUT2D eigenvalue weighted by Gasteiger charge is 2.53. The van der Waals surface area contributed by atoms with Crippen molar-refractivity contribution in [2.75, 3.05) is 18.5 Å². The lowest BCUT2D eigenvalue weighted by atomic mass is 9.96. The molecule has 0 aliphatic carbocycles. The summed E-state index contributed by atoms with van der Waals surface area (Å²) >= 11 is 6.17. The van der Waals surface area contributed by atoms with Gasteiger partial charge in [0.25, 0.3) is 0 Å². The van der Waals surface area contributed by atoms with E-state index in [0.29, 0.717) is 21.8 Å². The van der Waals surface area contributed by atoms with E-state index in [1.54, 1.807) is 73.1 Å². The molecule has 3 aromatic rings. The van der Waals surface area contributed by atoms with Gasteiger partial charge < -0.3 is 58.9 Å². The molecular formula is C34H37ClN2O13. The minimum Gasteiger partial charge on any atom is -0.459 e. The van der Waals surface area contributed by atoms with Gasteiger partial charge in [0.2, 0.25) is 5.91 Å². The lowest BCUT2D eigenvalue weighted by Crippen LogP contribution is -2.66. The van der Waals surface area contributed by atoms with Crippen molar-refractivity contribution >= 4 is 29.2 Å². The van der Waals surface area contributed by atoms with Crippen molar-refractivity contribution in [1.29, 1.82) is 0 Å². The molecule has 4 heterocycles. The number of nitrogens with zero attached hydrogens (tertiary/aromatic N) is 1. The largest absolute Gasteiger partial charge is 0.459 e. The number of benzene rings is 2. The van der Waals surface area contributed by atoms with Crippen LogP contribution in [0.2, 0.25) is 5.02 Å². The van der Waals surface area contributed by atoms with Gasteiger partial charge in [0.1, 0.15) is 55.4 Å². The topological polar surface area (TPSA) is 205 Å². The Morgan fingerprint density at radius 2 is 1.66 bits per heavy atom. The second-order valence-electron chi connectivity index (χ2n) is 12.0. The molecule has 0 spiro atoms. The van der Waals surface area contributed by atoms with Crippen LogP contribution >= 0.6 is 11.6 Å². The standard InChI is InChI=1S/C34H37ClN2O13/c1-17(38)37-22-13-18(7-8-21(22)35)14-45-33-27(41)25(39)30(23(47-33)15-44-31(43)19-5-3-2-4-6-19)50-34-28(42)26(40)29-24(48-34)16-46-32(49-29)20-9-11-36-12-10-20/h2-13,23-30,32-34,39-42H,14-16H2,1H3,(H,37,38). The molecule has 50 heavy (non-hydrogen) atoms. The van der Waals surface area contributed by atoms with Crippen molar-refractivity contribution < 1.29 is 63.2 Å². The molecule has 2 aromatic carbocycles. The van der Waals surface area contributed by atoms with Crippen LogP contribution in [0.3, 0.4) is 0 Å². The predicted molar refractivity (Wildman–Crippen MR) is 171 cm³/mol. The summed E-state index contributed by atoms with van der Waals surface area (Å²) in [6.45, 7) is 0.701. The van der Waals surface area contributed by atoms with Crippen LogP contribution in [0.1, 0.15) is 34.7 Å². The van der Waals surface area contributed by atoms with Gasteiger partial charge in [0.15, 0.2) is 18.9 Å². The molecule has 11 unspecified atom stereocenters. The van der Waals surface area contributed by atoms with E-state index in [-0.39, 0.29) is 24.7 Å². The number of nitrogens with one attached hydrogen (secondary N) is 1. The monoisotopic (exact) mass is 716 g/mol. The lowest BCUT2D eigenvalue weighted by Gasteiger charge is -2.48. The van der Waals surface area contributed by atoms with Crippen LogP contribution in [0.5, 0.6) is 0 Å². The first kappa shape index (κ1) is 36.2. The second kappa shape index (κ2) is 16.2. The van der Waals surface area contributed by atoms with Gasteiger partial charge in [0, 0.05) is 24.9 Å². The number of pyridine rings is 1. The summed E-state index contributed by atoms with van der Waals surface area (Å²) in [6.07, 6.45) is -11.8. The van der Waals surface area contributed by atoms with E-state index in [4.69, 9.17) is 44.8 Å². The average Bonchev–Trinajstić information content (AvgIpc) is 3.13. The van der Waals surface area contributed by atoms with Gasteiger partial charge in [-0.2, -0.15) is 0 Å². The fraction of sp³-hybridized carbons (Fsp3) is 0.441. The number of hydrogen-bond acceptors (Lipinski definition) is 14. The van der Waals surface area contributed by atoms with Gasteiger partial charge in [-0.3, -0.25) is 9.78 Å². The van der Waals surface area contributed by atoms with E-state index in [1.807, 2.05) is 0 Å². The van der Waals surface area contributed by atoms with Crippen LogP contribution < -0.4 is 5.32 Å². The van der Waals surface area contributed by atoms with Crippen molar-refractivity contribution in [1.82, 2.24) is 4.98 Å². The maximum absolute atomic E-state index is 12.8. The van der Waals surface area contributed by atoms with E-state index in [1.165, 1.54) is 6.92 Å². The zero-order valence-corrected chi connectivity index (χ0v) is 27.4. The van der Waals surface area contributed by atoms with E-state index >= 15 is 0 Å². The smallest absolute Gasteiger partial charge is 0.338 e. The van der Waals surface area contributed by atoms with Gasteiger partial charge in [-0.05, 0) is 42.0 Å². The molecule has 16 heteroatoms. The maximum Gasteiger partial charge on any atom is 0.338 e. The normalized spacial score (nSPS) is 32.5. The summed E-state index contributed by atoms with van der Waals surface area (Å²) in [7, 11) is 0. The van der Waals surface area contributed by atoms with Crippen molar-refractivity contribution in [2.24, 2.45) is 0 Å². The Morgan fingerprint density at radius 3 is 2.40 bits per heavy atom. The molecule has 6 rings (SSSR count). The first-order valence-corrected chi connectivity index (χ1v) is 16.2. The van der Waals surface area contributed by atoms with Crippen LogP contribution in [-0.2, 0) is 44.6 Å². The van der Waals surface area contributed by atoms with Crippen LogP contribution in [0.25, 0.3) is 0 Å². The number of carbonyl (C=O) groups excluding carboxylic acids is 2. The summed E-state index contributed by atoms with van der Waals surface area (Å²) in [5.74, 6) is -1.02.